The lowest BCUT2D eigenvalue weighted by Crippen LogP contribution is -2.34. The molecule has 0 spiro atoms. The number of hydrogen-bond acceptors (Lipinski definition) is 3. The molecule has 0 saturated carbocycles. The number of aliphatic hydroxyl groups is 2. The molecule has 0 rings (SSSR count). The summed E-state index contributed by atoms with van der Waals surface area (Å²) in [5, 5.41) is 19.0. The minimum atomic E-state index is -1.20. The Morgan fingerprint density at radius 3 is 0.714 bits per heavy atom. The first-order valence-electron chi connectivity index (χ1n) is 19.3. The first kappa shape index (κ1) is 44.5. The summed E-state index contributed by atoms with van der Waals surface area (Å²) in [4.78, 5) is 2.29. The van der Waals surface area contributed by atoms with Gasteiger partial charge in [-0.05, 0) is 25.9 Å². The van der Waals surface area contributed by atoms with Crippen LogP contribution in [0.1, 0.15) is 219 Å². The monoisotopic (exact) mass is 662 g/mol. The maximum Gasteiger partial charge on any atom is 0.164 e. The number of aliphatic hydroxyl groups excluding tert-OH is 1. The summed E-state index contributed by atoms with van der Waals surface area (Å²) in [6.07, 6.45) is 43.5. The van der Waals surface area contributed by atoms with Gasteiger partial charge in [-0.3, -0.25) is 4.90 Å². The van der Waals surface area contributed by atoms with Crippen LogP contribution in [-0.2, 0) is 0 Å². The zero-order valence-electron chi connectivity index (χ0n) is 29.1. The third kappa shape index (κ3) is 38.4. The molecule has 42 heavy (non-hydrogen) atoms. The van der Waals surface area contributed by atoms with Gasteiger partial charge in [-0.15, -0.1) is 17.0 Å². The predicted octanol–water partition coefficient (Wildman–Crippen LogP) is 12.7. The second kappa shape index (κ2) is 39.4. The Balaban J connectivity index is 0. The lowest BCUT2D eigenvalue weighted by Gasteiger charge is -2.23. The van der Waals surface area contributed by atoms with Crippen molar-refractivity contribution >= 4 is 17.0 Å². The quantitative estimate of drug-likeness (QED) is 0.0518. The lowest BCUT2D eigenvalue weighted by molar-refractivity contribution is -0.0616. The highest BCUT2D eigenvalue weighted by Crippen LogP contribution is 2.16. The Morgan fingerprint density at radius 2 is 0.524 bits per heavy atom. The maximum absolute atomic E-state index is 9.51. The van der Waals surface area contributed by atoms with Gasteiger partial charge in [-0.25, -0.2) is 0 Å². The van der Waals surface area contributed by atoms with Crippen molar-refractivity contribution in [3.63, 3.8) is 0 Å². The van der Waals surface area contributed by atoms with Gasteiger partial charge >= 0.3 is 0 Å². The largest absolute Gasteiger partial charge is 0.367 e. The fraction of sp³-hybridized carbons (Fsp3) is 1.00. The second-order valence-electron chi connectivity index (χ2n) is 13.4. The third-order valence-corrected chi connectivity index (χ3v) is 9.08. The van der Waals surface area contributed by atoms with Crippen molar-refractivity contribution in [2.24, 2.45) is 0 Å². The summed E-state index contributed by atoms with van der Waals surface area (Å²) in [6, 6.07) is 0. The van der Waals surface area contributed by atoms with Crippen molar-refractivity contribution < 1.29 is 10.2 Å². The molecular weight excluding hydrogens is 582 g/mol. The van der Waals surface area contributed by atoms with Crippen LogP contribution in [-0.4, -0.2) is 41.0 Å². The van der Waals surface area contributed by atoms with Gasteiger partial charge in [0, 0.05) is 6.54 Å². The Hall–Kier alpha value is 0.360. The van der Waals surface area contributed by atoms with Crippen LogP contribution < -0.4 is 0 Å². The molecule has 2 N–H and O–H groups in total. The minimum Gasteiger partial charge on any atom is -0.367 e. The van der Waals surface area contributed by atoms with Crippen LogP contribution >= 0.6 is 17.0 Å². The first-order valence-corrected chi connectivity index (χ1v) is 19.3. The number of rotatable bonds is 36. The van der Waals surface area contributed by atoms with E-state index in [2.05, 4.69) is 18.7 Å². The Labute approximate surface area is 276 Å². The van der Waals surface area contributed by atoms with E-state index < -0.39 is 6.29 Å². The zero-order valence-corrected chi connectivity index (χ0v) is 30.8. The van der Waals surface area contributed by atoms with Crippen molar-refractivity contribution in [1.29, 1.82) is 0 Å². The number of hydrogen-bond donors (Lipinski definition) is 2. The van der Waals surface area contributed by atoms with Gasteiger partial charge < -0.3 is 10.2 Å². The van der Waals surface area contributed by atoms with Gasteiger partial charge in [0.2, 0.25) is 0 Å². The number of halogens is 1. The molecule has 0 bridgehead atoms. The summed E-state index contributed by atoms with van der Waals surface area (Å²) in [6.45, 7) is 7.05. The fourth-order valence-corrected chi connectivity index (χ4v) is 6.29. The van der Waals surface area contributed by atoms with E-state index in [1.165, 1.54) is 205 Å². The molecule has 4 heteroatoms. The van der Waals surface area contributed by atoms with Crippen molar-refractivity contribution in [2.45, 2.75) is 226 Å². The molecule has 3 nitrogen and oxygen atoms in total. The van der Waals surface area contributed by atoms with Crippen LogP contribution in [0.5, 0.6) is 0 Å². The lowest BCUT2D eigenvalue weighted by atomic mass is 10.0. The second-order valence-corrected chi connectivity index (χ2v) is 13.4. The highest BCUT2D eigenvalue weighted by molar-refractivity contribution is 8.93. The van der Waals surface area contributed by atoms with E-state index in [1.807, 2.05) is 0 Å². The third-order valence-electron chi connectivity index (χ3n) is 9.08. The Morgan fingerprint density at radius 1 is 0.333 bits per heavy atom. The van der Waals surface area contributed by atoms with Crippen LogP contribution in [0.4, 0.5) is 0 Å². The van der Waals surface area contributed by atoms with Gasteiger partial charge in [-0.1, -0.05) is 206 Å². The summed E-state index contributed by atoms with van der Waals surface area (Å²) in [5.74, 6) is 0. The molecule has 0 aromatic rings. The molecule has 0 saturated heterocycles. The van der Waals surface area contributed by atoms with Gasteiger partial charge in [0.15, 0.2) is 6.29 Å². The summed E-state index contributed by atoms with van der Waals surface area (Å²) < 4.78 is 0. The summed E-state index contributed by atoms with van der Waals surface area (Å²) in [7, 11) is 0. The standard InChI is InChI=1S/C38H79NO2.BrH/c1-3-5-7-9-11-13-15-17-19-21-23-25-27-29-31-33-35-39(37-38(40)41)36-34-32-30-28-26-24-22-20-18-16-14-12-10-8-6-4-2;/h38,40-41H,3-37H2,1-2H3;1H. The average molecular weight is 663 g/mol. The summed E-state index contributed by atoms with van der Waals surface area (Å²) >= 11 is 0. The number of nitrogens with zero attached hydrogens (tertiary/aromatic N) is 1. The first-order chi connectivity index (χ1) is 20.2. The molecule has 0 fully saturated rings. The molecule has 0 aliphatic heterocycles. The van der Waals surface area contributed by atoms with Gasteiger partial charge in [0.1, 0.15) is 0 Å². The molecule has 0 unspecified atom stereocenters. The van der Waals surface area contributed by atoms with E-state index >= 15 is 0 Å². The minimum absolute atomic E-state index is 0. The Kier molecular flexibility index (Phi) is 41.7. The molecule has 0 aliphatic carbocycles. The smallest absolute Gasteiger partial charge is 0.164 e. The molecule has 0 heterocycles. The van der Waals surface area contributed by atoms with E-state index in [-0.39, 0.29) is 17.0 Å². The topological polar surface area (TPSA) is 43.7 Å². The molecule has 0 atom stereocenters. The maximum atomic E-state index is 9.51. The molecule has 0 radical (unpaired) electrons. The highest BCUT2D eigenvalue weighted by atomic mass is 79.9. The molecule has 256 valence electrons. The van der Waals surface area contributed by atoms with Crippen molar-refractivity contribution in [2.75, 3.05) is 19.6 Å². The summed E-state index contributed by atoms with van der Waals surface area (Å²) in [5.41, 5.74) is 0. The van der Waals surface area contributed by atoms with E-state index in [4.69, 9.17) is 0 Å². The molecule has 0 aromatic heterocycles. The van der Waals surface area contributed by atoms with Gasteiger partial charge in [0.25, 0.3) is 0 Å². The highest BCUT2D eigenvalue weighted by Gasteiger charge is 2.09. The van der Waals surface area contributed by atoms with Crippen molar-refractivity contribution in [3.05, 3.63) is 0 Å². The van der Waals surface area contributed by atoms with Crippen LogP contribution in [0.25, 0.3) is 0 Å². The predicted molar refractivity (Wildman–Crippen MR) is 194 cm³/mol. The average Bonchev–Trinajstić information content (AvgIpc) is 2.96. The van der Waals surface area contributed by atoms with Crippen molar-refractivity contribution in [1.82, 2.24) is 4.90 Å². The number of unbranched alkanes of at least 4 members (excludes halogenated alkanes) is 30. The van der Waals surface area contributed by atoms with Crippen molar-refractivity contribution in [3.8, 4) is 0 Å². The molecule has 0 amide bonds. The zero-order chi connectivity index (χ0) is 29.9. The van der Waals surface area contributed by atoms with Gasteiger partial charge in [0.05, 0.1) is 0 Å². The Bertz CT molecular complexity index is 426. The van der Waals surface area contributed by atoms with Crippen LogP contribution in [0, 0.1) is 0 Å². The fourth-order valence-electron chi connectivity index (χ4n) is 6.29. The van der Waals surface area contributed by atoms with Gasteiger partial charge in [-0.2, -0.15) is 0 Å². The molecule has 0 aromatic carbocycles. The normalized spacial score (nSPS) is 11.6. The van der Waals surface area contributed by atoms with E-state index in [0.717, 1.165) is 13.1 Å². The van der Waals surface area contributed by atoms with Crippen LogP contribution in [0.3, 0.4) is 0 Å². The van der Waals surface area contributed by atoms with Crippen LogP contribution in [0.15, 0.2) is 0 Å². The molecule has 0 aliphatic rings. The van der Waals surface area contributed by atoms with E-state index in [1.54, 1.807) is 0 Å². The van der Waals surface area contributed by atoms with E-state index in [9.17, 15) is 10.2 Å². The van der Waals surface area contributed by atoms with E-state index in [0.29, 0.717) is 6.54 Å². The molecular formula is C38H80BrNO2. The SMILES string of the molecule is Br.CCCCCCCCCCCCCCCCCCN(CCCCCCCCCCCCCCCCCC)CC(O)O. The van der Waals surface area contributed by atoms with Crippen LogP contribution in [0.2, 0.25) is 0 Å².